The minimum atomic E-state index is 0.0804. The van der Waals surface area contributed by atoms with Crippen molar-refractivity contribution in [2.75, 3.05) is 13.1 Å². The van der Waals surface area contributed by atoms with Gasteiger partial charge in [0.1, 0.15) is 0 Å². The normalized spacial score (nSPS) is 14.8. The maximum atomic E-state index is 12.3. The summed E-state index contributed by atoms with van der Waals surface area (Å²) in [7, 11) is 0. The number of carbonyl (C=O) groups is 1. The van der Waals surface area contributed by atoms with Gasteiger partial charge in [0, 0.05) is 25.4 Å². The molecule has 0 heterocycles. The molecular formula is C15H30N2OS. The predicted molar refractivity (Wildman–Crippen MR) is 86.1 cm³/mol. The number of carbonyl (C=O) groups excluding carboxylic acids is 1. The maximum Gasteiger partial charge on any atom is 0.222 e. The average molecular weight is 286 g/mol. The molecule has 1 amide bonds. The summed E-state index contributed by atoms with van der Waals surface area (Å²) < 4.78 is 0. The topological polar surface area (TPSA) is 46.3 Å². The highest BCUT2D eigenvalue weighted by Gasteiger charge is 2.21. The van der Waals surface area contributed by atoms with Crippen LogP contribution < -0.4 is 5.73 Å². The fourth-order valence-electron chi connectivity index (χ4n) is 2.37. The Kier molecular flexibility index (Phi) is 7.57. The minimum absolute atomic E-state index is 0.0804. The molecule has 0 aliphatic heterocycles. The molecule has 0 fully saturated rings. The Morgan fingerprint density at radius 1 is 1.32 bits per heavy atom. The van der Waals surface area contributed by atoms with Crippen LogP contribution in [0.5, 0.6) is 0 Å². The summed E-state index contributed by atoms with van der Waals surface area (Å²) in [5, 5.41) is 0. The number of nitrogens with two attached hydrogens (primary N) is 1. The molecule has 4 heteroatoms. The van der Waals surface area contributed by atoms with Crippen LogP contribution in [-0.4, -0.2) is 28.9 Å². The van der Waals surface area contributed by atoms with Gasteiger partial charge in [-0.3, -0.25) is 4.79 Å². The van der Waals surface area contributed by atoms with E-state index in [2.05, 4.69) is 27.7 Å². The molecule has 0 aliphatic carbocycles. The molecule has 112 valence electrons. The Hall–Kier alpha value is -0.640. The second-order valence-corrected chi connectivity index (χ2v) is 7.28. The van der Waals surface area contributed by atoms with Gasteiger partial charge < -0.3 is 10.6 Å². The highest BCUT2D eigenvalue weighted by Crippen LogP contribution is 2.26. The van der Waals surface area contributed by atoms with Crippen molar-refractivity contribution in [1.82, 2.24) is 4.90 Å². The molecule has 19 heavy (non-hydrogen) atoms. The SMILES string of the molecule is CCN(CC(C)C(N)=S)C(=O)CC(C)CC(C)(C)C. The summed E-state index contributed by atoms with van der Waals surface area (Å²) in [6.45, 7) is 14.1. The first-order chi connectivity index (χ1) is 8.56. The summed E-state index contributed by atoms with van der Waals surface area (Å²) in [6.07, 6.45) is 1.66. The number of rotatable bonds is 7. The zero-order chi connectivity index (χ0) is 15.2. The third-order valence-electron chi connectivity index (χ3n) is 3.20. The van der Waals surface area contributed by atoms with E-state index in [-0.39, 0.29) is 17.2 Å². The van der Waals surface area contributed by atoms with Gasteiger partial charge in [0.05, 0.1) is 4.99 Å². The molecule has 0 aliphatic rings. The quantitative estimate of drug-likeness (QED) is 0.731. The van der Waals surface area contributed by atoms with Crippen LogP contribution in [0.15, 0.2) is 0 Å². The number of hydrogen-bond acceptors (Lipinski definition) is 2. The first kappa shape index (κ1) is 18.4. The summed E-state index contributed by atoms with van der Waals surface area (Å²) in [4.78, 5) is 14.6. The lowest BCUT2D eigenvalue weighted by Gasteiger charge is -2.27. The van der Waals surface area contributed by atoms with E-state index in [1.807, 2.05) is 18.7 Å². The van der Waals surface area contributed by atoms with Crippen molar-refractivity contribution in [1.29, 1.82) is 0 Å². The maximum absolute atomic E-state index is 12.3. The standard InChI is InChI=1S/C15H30N2OS/c1-7-17(10-12(3)14(16)19)13(18)8-11(2)9-15(4,5)6/h11-12H,7-10H2,1-6H3,(H2,16,19). The second kappa shape index (κ2) is 7.83. The molecule has 0 aromatic heterocycles. The zero-order valence-electron chi connectivity index (χ0n) is 13.3. The van der Waals surface area contributed by atoms with Crippen LogP contribution >= 0.6 is 12.2 Å². The molecule has 0 saturated carbocycles. The van der Waals surface area contributed by atoms with E-state index >= 15 is 0 Å². The fraction of sp³-hybridized carbons (Fsp3) is 0.867. The molecule has 0 aromatic rings. The zero-order valence-corrected chi connectivity index (χ0v) is 14.1. The molecular weight excluding hydrogens is 256 g/mol. The van der Waals surface area contributed by atoms with Crippen molar-refractivity contribution >= 4 is 23.1 Å². The highest BCUT2D eigenvalue weighted by molar-refractivity contribution is 7.80. The smallest absolute Gasteiger partial charge is 0.222 e. The summed E-state index contributed by atoms with van der Waals surface area (Å²) in [6, 6.07) is 0. The predicted octanol–water partition coefficient (Wildman–Crippen LogP) is 3.22. The van der Waals surface area contributed by atoms with Gasteiger partial charge in [-0.25, -0.2) is 0 Å². The summed E-state index contributed by atoms with van der Waals surface area (Å²) >= 11 is 4.97. The first-order valence-corrected chi connectivity index (χ1v) is 7.54. The van der Waals surface area contributed by atoms with E-state index in [0.29, 0.717) is 30.4 Å². The molecule has 0 radical (unpaired) electrons. The van der Waals surface area contributed by atoms with E-state index in [0.717, 1.165) is 6.42 Å². The van der Waals surface area contributed by atoms with E-state index in [4.69, 9.17) is 18.0 Å². The van der Waals surface area contributed by atoms with Crippen molar-refractivity contribution in [2.45, 2.75) is 54.4 Å². The average Bonchev–Trinajstić information content (AvgIpc) is 2.21. The van der Waals surface area contributed by atoms with E-state index < -0.39 is 0 Å². The van der Waals surface area contributed by atoms with Gasteiger partial charge in [0.2, 0.25) is 5.91 Å². The summed E-state index contributed by atoms with van der Waals surface area (Å²) in [5.74, 6) is 0.695. The molecule has 3 nitrogen and oxygen atoms in total. The number of thiocarbonyl (C=S) groups is 1. The van der Waals surface area contributed by atoms with Crippen LogP contribution in [0.3, 0.4) is 0 Å². The second-order valence-electron chi connectivity index (χ2n) is 6.81. The minimum Gasteiger partial charge on any atom is -0.393 e. The highest BCUT2D eigenvalue weighted by atomic mass is 32.1. The number of hydrogen-bond donors (Lipinski definition) is 1. The number of nitrogens with zero attached hydrogens (tertiary/aromatic N) is 1. The molecule has 0 spiro atoms. The van der Waals surface area contributed by atoms with Crippen LogP contribution in [0.1, 0.15) is 54.4 Å². The van der Waals surface area contributed by atoms with E-state index in [1.165, 1.54) is 0 Å². The third kappa shape index (κ3) is 8.19. The Balaban J connectivity index is 4.40. The van der Waals surface area contributed by atoms with Gasteiger partial charge >= 0.3 is 0 Å². The van der Waals surface area contributed by atoms with Gasteiger partial charge in [0.15, 0.2) is 0 Å². The van der Waals surface area contributed by atoms with Gasteiger partial charge in [-0.05, 0) is 24.7 Å². The van der Waals surface area contributed by atoms with Gasteiger partial charge in [-0.1, -0.05) is 46.8 Å². The lowest BCUT2D eigenvalue weighted by atomic mass is 9.84. The molecule has 2 unspecified atom stereocenters. The fourth-order valence-corrected chi connectivity index (χ4v) is 2.45. The van der Waals surface area contributed by atoms with E-state index in [9.17, 15) is 4.79 Å². The van der Waals surface area contributed by atoms with Crippen LogP contribution in [0.25, 0.3) is 0 Å². The Morgan fingerprint density at radius 3 is 2.21 bits per heavy atom. The molecule has 2 N–H and O–H groups in total. The molecule has 2 atom stereocenters. The monoisotopic (exact) mass is 286 g/mol. The lowest BCUT2D eigenvalue weighted by molar-refractivity contribution is -0.132. The van der Waals surface area contributed by atoms with E-state index in [1.54, 1.807) is 0 Å². The molecule has 0 rings (SSSR count). The summed E-state index contributed by atoms with van der Waals surface area (Å²) in [5.41, 5.74) is 5.88. The van der Waals surface area contributed by atoms with Crippen LogP contribution in [-0.2, 0) is 4.79 Å². The van der Waals surface area contributed by atoms with Crippen molar-refractivity contribution in [3.63, 3.8) is 0 Å². The van der Waals surface area contributed by atoms with Gasteiger partial charge in [-0.15, -0.1) is 0 Å². The van der Waals surface area contributed by atoms with Crippen molar-refractivity contribution in [3.8, 4) is 0 Å². The van der Waals surface area contributed by atoms with Gasteiger partial charge in [0.25, 0.3) is 0 Å². The van der Waals surface area contributed by atoms with Crippen LogP contribution in [0, 0.1) is 17.3 Å². The van der Waals surface area contributed by atoms with Crippen molar-refractivity contribution in [2.24, 2.45) is 23.0 Å². The Morgan fingerprint density at radius 2 is 1.84 bits per heavy atom. The van der Waals surface area contributed by atoms with Crippen molar-refractivity contribution < 1.29 is 4.79 Å². The first-order valence-electron chi connectivity index (χ1n) is 7.14. The Labute approximate surface area is 123 Å². The van der Waals surface area contributed by atoms with Crippen LogP contribution in [0.2, 0.25) is 0 Å². The lowest BCUT2D eigenvalue weighted by Crippen LogP contribution is -2.38. The Bertz CT molecular complexity index is 310. The number of amides is 1. The molecule has 0 aromatic carbocycles. The van der Waals surface area contributed by atoms with Gasteiger partial charge in [-0.2, -0.15) is 0 Å². The molecule has 0 bridgehead atoms. The third-order valence-corrected chi connectivity index (χ3v) is 3.60. The van der Waals surface area contributed by atoms with Crippen LogP contribution in [0.4, 0.5) is 0 Å². The molecule has 0 saturated heterocycles. The van der Waals surface area contributed by atoms with Crippen molar-refractivity contribution in [3.05, 3.63) is 0 Å². The largest absolute Gasteiger partial charge is 0.393 e.